The number of piperidine rings is 1. The number of aromatic nitrogens is 1. The van der Waals surface area contributed by atoms with Gasteiger partial charge < -0.3 is 26.8 Å². The van der Waals surface area contributed by atoms with E-state index in [1.54, 1.807) is 6.07 Å². The van der Waals surface area contributed by atoms with Crippen molar-refractivity contribution in [2.24, 2.45) is 17.6 Å². The number of nitrogens with zero attached hydrogens (tertiary/aromatic N) is 2. The number of rotatable bonds is 14. The van der Waals surface area contributed by atoms with Crippen LogP contribution in [0.1, 0.15) is 75.3 Å². The highest BCUT2D eigenvalue weighted by Crippen LogP contribution is 2.38. The second-order valence-corrected chi connectivity index (χ2v) is 14.7. The Morgan fingerprint density at radius 2 is 1.76 bits per heavy atom. The maximum absolute atomic E-state index is 13.3. The average molecular weight is 629 g/mol. The highest BCUT2D eigenvalue weighted by atomic mass is 16.3. The number of carbonyl (C=O) groups is 1. The van der Waals surface area contributed by atoms with Gasteiger partial charge in [0.15, 0.2) is 0 Å². The lowest BCUT2D eigenvalue weighted by molar-refractivity contribution is -0.00359. The van der Waals surface area contributed by atoms with E-state index in [9.17, 15) is 9.90 Å². The molecule has 46 heavy (non-hydrogen) atoms. The van der Waals surface area contributed by atoms with E-state index in [1.807, 2.05) is 36.4 Å². The van der Waals surface area contributed by atoms with Crippen LogP contribution in [0.25, 0.3) is 10.9 Å². The minimum Gasteiger partial charge on any atom is -0.390 e. The summed E-state index contributed by atoms with van der Waals surface area (Å²) >= 11 is 0. The molecule has 5 rings (SSSR count). The van der Waals surface area contributed by atoms with Crippen molar-refractivity contribution in [1.29, 1.82) is 0 Å². The van der Waals surface area contributed by atoms with Gasteiger partial charge in [-0.15, -0.1) is 0 Å². The largest absolute Gasteiger partial charge is 0.390 e. The number of pyridine rings is 1. The van der Waals surface area contributed by atoms with E-state index in [1.165, 1.54) is 37.7 Å². The minimum atomic E-state index is -0.575. The summed E-state index contributed by atoms with van der Waals surface area (Å²) in [6, 6.07) is 21.9. The van der Waals surface area contributed by atoms with Gasteiger partial charge in [0.05, 0.1) is 11.6 Å². The van der Waals surface area contributed by atoms with Crippen molar-refractivity contribution in [2.75, 3.05) is 32.7 Å². The molecule has 2 fully saturated rings. The predicted octanol–water partition coefficient (Wildman–Crippen LogP) is 4.51. The number of carbonyl (C=O) groups excluding carboxylic acids is 1. The van der Waals surface area contributed by atoms with Crippen LogP contribution in [0, 0.1) is 11.8 Å². The molecule has 6 atom stereocenters. The Bertz CT molecular complexity index is 1380. The number of fused-ring (bicyclic) bond motifs is 2. The lowest BCUT2D eigenvalue weighted by atomic mass is 9.72. The zero-order chi connectivity index (χ0) is 32.5. The Hall–Kier alpha value is -2.88. The third-order valence-electron chi connectivity index (χ3n) is 9.99. The van der Waals surface area contributed by atoms with E-state index >= 15 is 0 Å². The van der Waals surface area contributed by atoms with E-state index in [2.05, 4.69) is 70.9 Å². The molecule has 0 radical (unpaired) electrons. The van der Waals surface area contributed by atoms with E-state index < -0.39 is 6.10 Å². The van der Waals surface area contributed by atoms with Crippen LogP contribution in [0.2, 0.25) is 0 Å². The molecule has 2 unspecified atom stereocenters. The maximum atomic E-state index is 13.3. The summed E-state index contributed by atoms with van der Waals surface area (Å²) in [7, 11) is 0. The standard InChI is InChI=1S/C38H56N6O2/c1-38(2,3)41-24-32-22-29-14-7-8-15-30(29)25-44(32)26-36(45)35(21-27-11-5-4-6-12-27)40-23-31(19-20-39)42-37(46)34-18-17-28-13-9-10-16-33(28)43-34/h4-6,9-13,16-18,29-32,35-36,40-41,45H,7-8,14-15,19-26,39H2,1-3H3,(H,42,46)/t29?,30?,31-,32-,35-,36+/m0/s1. The van der Waals surface area contributed by atoms with Crippen LogP contribution in [0.5, 0.6) is 0 Å². The summed E-state index contributed by atoms with van der Waals surface area (Å²) in [6.07, 6.45) is 7.26. The fraction of sp³-hybridized carbons (Fsp3) is 0.579. The van der Waals surface area contributed by atoms with Gasteiger partial charge in [0.1, 0.15) is 5.69 Å². The van der Waals surface area contributed by atoms with E-state index in [-0.39, 0.29) is 23.5 Å². The van der Waals surface area contributed by atoms with Gasteiger partial charge in [-0.2, -0.15) is 0 Å². The summed E-state index contributed by atoms with van der Waals surface area (Å²) in [4.78, 5) is 20.4. The predicted molar refractivity (Wildman–Crippen MR) is 188 cm³/mol. The normalized spacial score (nSPS) is 22.6. The molecule has 8 nitrogen and oxygen atoms in total. The number of aliphatic hydroxyl groups excluding tert-OH is 1. The number of amides is 1. The number of para-hydroxylation sites is 1. The van der Waals surface area contributed by atoms with Crippen molar-refractivity contribution in [3.63, 3.8) is 0 Å². The monoisotopic (exact) mass is 628 g/mol. The van der Waals surface area contributed by atoms with Gasteiger partial charge in [0.25, 0.3) is 5.91 Å². The van der Waals surface area contributed by atoms with Crippen molar-refractivity contribution >= 4 is 16.8 Å². The summed E-state index contributed by atoms with van der Waals surface area (Å²) in [5.74, 6) is 1.31. The van der Waals surface area contributed by atoms with Gasteiger partial charge in [-0.3, -0.25) is 9.69 Å². The number of nitrogens with one attached hydrogen (secondary N) is 3. The number of likely N-dealkylation sites (tertiary alicyclic amines) is 1. The average Bonchev–Trinajstić information content (AvgIpc) is 3.05. The van der Waals surface area contributed by atoms with Crippen LogP contribution in [-0.4, -0.2) is 83.4 Å². The Morgan fingerprint density at radius 1 is 1.02 bits per heavy atom. The molecule has 6 N–H and O–H groups in total. The molecule has 1 saturated carbocycles. The molecule has 1 aliphatic carbocycles. The first-order valence-corrected chi connectivity index (χ1v) is 17.5. The van der Waals surface area contributed by atoms with Crippen molar-refractivity contribution < 1.29 is 9.90 Å². The molecular formula is C38H56N6O2. The second-order valence-electron chi connectivity index (χ2n) is 14.7. The van der Waals surface area contributed by atoms with E-state index in [4.69, 9.17) is 5.73 Å². The van der Waals surface area contributed by atoms with Gasteiger partial charge in [-0.25, -0.2) is 4.98 Å². The zero-order valence-electron chi connectivity index (χ0n) is 28.1. The Kier molecular flexibility index (Phi) is 12.2. The Balaban J connectivity index is 1.27. The molecule has 2 aliphatic rings. The first-order chi connectivity index (χ1) is 22.2. The Morgan fingerprint density at radius 3 is 2.52 bits per heavy atom. The highest BCUT2D eigenvalue weighted by molar-refractivity contribution is 5.95. The maximum Gasteiger partial charge on any atom is 0.270 e. The van der Waals surface area contributed by atoms with Gasteiger partial charge in [-0.05, 0) is 82.5 Å². The quantitative estimate of drug-likeness (QED) is 0.178. The van der Waals surface area contributed by atoms with Crippen LogP contribution >= 0.6 is 0 Å². The van der Waals surface area contributed by atoms with E-state index in [0.717, 1.165) is 35.8 Å². The molecule has 0 bridgehead atoms. The van der Waals surface area contributed by atoms with Crippen molar-refractivity contribution in [2.45, 2.75) is 95.5 Å². The number of hydrogen-bond acceptors (Lipinski definition) is 7. The fourth-order valence-electron chi connectivity index (χ4n) is 7.40. The van der Waals surface area contributed by atoms with Gasteiger partial charge >= 0.3 is 0 Å². The molecule has 0 spiro atoms. The number of benzene rings is 2. The smallest absolute Gasteiger partial charge is 0.270 e. The summed E-state index contributed by atoms with van der Waals surface area (Å²) in [5, 5.41) is 23.5. The van der Waals surface area contributed by atoms with Crippen LogP contribution < -0.4 is 21.7 Å². The van der Waals surface area contributed by atoms with Crippen molar-refractivity contribution in [1.82, 2.24) is 25.8 Å². The third-order valence-corrected chi connectivity index (χ3v) is 9.99. The SMILES string of the molecule is CC(C)(C)NC[C@@H]1CC2CCCCC2CN1C[C@@H](O)[C@H](Cc1ccccc1)NC[C@H](CCN)NC(=O)c1ccc2ccccc2n1. The van der Waals surface area contributed by atoms with Crippen LogP contribution in [-0.2, 0) is 6.42 Å². The second kappa shape index (κ2) is 16.3. The fourth-order valence-corrected chi connectivity index (χ4v) is 7.40. The number of hydrogen-bond donors (Lipinski definition) is 5. The van der Waals surface area contributed by atoms with Crippen molar-refractivity contribution in [3.8, 4) is 0 Å². The molecule has 1 saturated heterocycles. The minimum absolute atomic E-state index is 0.0515. The lowest BCUT2D eigenvalue weighted by Crippen LogP contribution is -2.58. The van der Waals surface area contributed by atoms with Gasteiger partial charge in [0.2, 0.25) is 0 Å². The number of β-amino-alcohol motifs (C(OH)–C–C–N with tert-alkyl or cyclic N) is 1. The van der Waals surface area contributed by atoms with Gasteiger partial charge in [-0.1, -0.05) is 73.9 Å². The van der Waals surface area contributed by atoms with Crippen LogP contribution in [0.4, 0.5) is 0 Å². The molecule has 1 amide bonds. The zero-order valence-corrected chi connectivity index (χ0v) is 28.1. The van der Waals surface area contributed by atoms with Gasteiger partial charge in [0, 0.05) is 55.2 Å². The summed E-state index contributed by atoms with van der Waals surface area (Å²) in [6.45, 7) is 10.2. The first kappa shape index (κ1) is 34.5. The van der Waals surface area contributed by atoms with Crippen LogP contribution in [0.15, 0.2) is 66.7 Å². The highest BCUT2D eigenvalue weighted by Gasteiger charge is 2.38. The molecule has 2 aromatic carbocycles. The molecule has 1 aromatic heterocycles. The molecular weight excluding hydrogens is 572 g/mol. The number of nitrogens with two attached hydrogens (primary N) is 1. The summed E-state index contributed by atoms with van der Waals surface area (Å²) in [5.41, 5.74) is 8.42. The van der Waals surface area contributed by atoms with E-state index in [0.29, 0.717) is 44.2 Å². The molecule has 250 valence electrons. The molecule has 3 aromatic rings. The number of aliphatic hydroxyl groups is 1. The molecule has 2 heterocycles. The van der Waals surface area contributed by atoms with Crippen molar-refractivity contribution in [3.05, 3.63) is 78.0 Å². The molecule has 1 aliphatic heterocycles. The van der Waals surface area contributed by atoms with Crippen LogP contribution in [0.3, 0.4) is 0 Å². The first-order valence-electron chi connectivity index (χ1n) is 17.5. The third kappa shape index (κ3) is 9.81. The summed E-state index contributed by atoms with van der Waals surface area (Å²) < 4.78 is 0. The molecule has 8 heteroatoms. The Labute approximate surface area is 275 Å². The lowest BCUT2D eigenvalue weighted by Gasteiger charge is -2.48. The topological polar surface area (TPSA) is 116 Å².